The Hall–Kier alpha value is -0.235. The van der Waals surface area contributed by atoms with Crippen molar-refractivity contribution in [3.8, 4) is 0 Å². The summed E-state index contributed by atoms with van der Waals surface area (Å²) in [6.07, 6.45) is 14.4. The molecule has 8 unspecified atom stereocenters. The molecule has 2 heteroatoms. The van der Waals surface area contributed by atoms with Crippen LogP contribution in [0.15, 0.2) is 12.2 Å². The van der Waals surface area contributed by atoms with Gasteiger partial charge in [0.25, 0.3) is 0 Å². The van der Waals surface area contributed by atoms with E-state index in [1.807, 2.05) is 0 Å². The summed E-state index contributed by atoms with van der Waals surface area (Å²) >= 11 is 0. The average molecular weight is 428 g/mol. The highest BCUT2D eigenvalue weighted by atomic mass is 14.9. The molecule has 0 aromatic heterocycles. The fourth-order valence-corrected chi connectivity index (χ4v) is 8.29. The van der Waals surface area contributed by atoms with E-state index >= 15 is 0 Å². The number of rotatable bonds is 6. The van der Waals surface area contributed by atoms with Crippen molar-refractivity contribution in [2.75, 3.05) is 0 Å². The average Bonchev–Trinajstić information content (AvgIpc) is 3.01. The maximum atomic E-state index is 4.21. The molecule has 0 radical (unpaired) electrons. The Labute approximate surface area is 196 Å². The molecule has 31 heavy (non-hydrogen) atoms. The zero-order valence-corrected chi connectivity index (χ0v) is 22.4. The van der Waals surface area contributed by atoms with Crippen LogP contribution < -0.4 is 5.23 Å². The molecule has 178 valence electrons. The van der Waals surface area contributed by atoms with E-state index < -0.39 is 0 Å². The van der Waals surface area contributed by atoms with Crippen molar-refractivity contribution in [1.29, 1.82) is 0 Å². The van der Waals surface area contributed by atoms with Gasteiger partial charge in [0.1, 0.15) is 0 Å². The summed E-state index contributed by atoms with van der Waals surface area (Å²) in [4.78, 5) is 0. The Morgan fingerprint density at radius 2 is 1.77 bits per heavy atom. The van der Waals surface area contributed by atoms with Gasteiger partial charge < -0.3 is 5.23 Å². The molecule has 1 N–H and O–H groups in total. The van der Waals surface area contributed by atoms with E-state index in [4.69, 9.17) is 0 Å². The van der Waals surface area contributed by atoms with E-state index in [0.717, 1.165) is 35.4 Å². The van der Waals surface area contributed by atoms with Gasteiger partial charge in [-0.15, -0.1) is 0 Å². The van der Waals surface area contributed by atoms with Gasteiger partial charge in [0.2, 0.25) is 6.85 Å². The van der Waals surface area contributed by atoms with E-state index in [-0.39, 0.29) is 0 Å². The predicted molar refractivity (Wildman–Crippen MR) is 140 cm³/mol. The molecular weight excluding hydrogens is 373 g/mol. The quantitative estimate of drug-likeness (QED) is 0.330. The Morgan fingerprint density at radius 3 is 2.35 bits per heavy atom. The smallest absolute Gasteiger partial charge is 0.225 e. The molecular formula is C29H54BN. The molecule has 3 aliphatic rings. The van der Waals surface area contributed by atoms with E-state index in [1.165, 1.54) is 69.7 Å². The lowest BCUT2D eigenvalue weighted by molar-refractivity contribution is 0.0329. The first-order valence-corrected chi connectivity index (χ1v) is 13.9. The van der Waals surface area contributed by atoms with Gasteiger partial charge in [-0.1, -0.05) is 86.2 Å². The van der Waals surface area contributed by atoms with Gasteiger partial charge in [0, 0.05) is 6.04 Å². The van der Waals surface area contributed by atoms with E-state index in [2.05, 4.69) is 67.2 Å². The number of hydrogen-bond donors (Lipinski definition) is 1. The molecule has 0 amide bonds. The SMILES string of the molecule is C=C(C)C1NB(CC2CCC3CCCC(CC(C)C)C(C)(CC)C(C)CCC32C)C1C. The fourth-order valence-electron chi connectivity index (χ4n) is 8.29. The fraction of sp³-hybridized carbons (Fsp3) is 0.931. The van der Waals surface area contributed by atoms with Crippen molar-refractivity contribution in [1.82, 2.24) is 5.23 Å². The minimum Gasteiger partial charge on any atom is -0.350 e. The largest absolute Gasteiger partial charge is 0.350 e. The van der Waals surface area contributed by atoms with Crippen LogP contribution in [0.25, 0.3) is 0 Å². The van der Waals surface area contributed by atoms with Crippen molar-refractivity contribution >= 4 is 6.85 Å². The van der Waals surface area contributed by atoms with Crippen LogP contribution in [0.4, 0.5) is 0 Å². The predicted octanol–water partition coefficient (Wildman–Crippen LogP) is 8.63. The summed E-state index contributed by atoms with van der Waals surface area (Å²) in [6.45, 7) is 24.9. The highest BCUT2D eigenvalue weighted by Gasteiger charge is 2.51. The molecule has 1 saturated heterocycles. The highest BCUT2D eigenvalue weighted by molar-refractivity contribution is 6.61. The van der Waals surface area contributed by atoms with Gasteiger partial charge in [-0.05, 0) is 91.7 Å². The molecule has 0 aromatic carbocycles. The van der Waals surface area contributed by atoms with Crippen LogP contribution in [0.3, 0.4) is 0 Å². The minimum atomic E-state index is 0.514. The Kier molecular flexibility index (Phi) is 8.14. The van der Waals surface area contributed by atoms with Crippen LogP contribution >= 0.6 is 0 Å². The third-order valence-corrected chi connectivity index (χ3v) is 11.1. The third kappa shape index (κ3) is 5.00. The van der Waals surface area contributed by atoms with Gasteiger partial charge in [-0.2, -0.15) is 0 Å². The lowest BCUT2D eigenvalue weighted by atomic mass is 9.37. The second-order valence-electron chi connectivity index (χ2n) is 13.2. The number of hydrogen-bond acceptors (Lipinski definition) is 1. The van der Waals surface area contributed by atoms with Gasteiger partial charge in [0.05, 0.1) is 0 Å². The van der Waals surface area contributed by atoms with Crippen molar-refractivity contribution in [3.63, 3.8) is 0 Å². The van der Waals surface area contributed by atoms with Crippen molar-refractivity contribution in [3.05, 3.63) is 12.2 Å². The lowest BCUT2D eigenvalue weighted by Crippen LogP contribution is -2.61. The zero-order chi connectivity index (χ0) is 23.0. The summed E-state index contributed by atoms with van der Waals surface area (Å²) in [6, 6.07) is 0.558. The molecule has 0 aromatic rings. The zero-order valence-electron chi connectivity index (χ0n) is 22.4. The van der Waals surface area contributed by atoms with Crippen LogP contribution in [-0.4, -0.2) is 12.9 Å². The molecule has 1 heterocycles. The van der Waals surface area contributed by atoms with Crippen LogP contribution in [0.5, 0.6) is 0 Å². The maximum Gasteiger partial charge on any atom is 0.225 e. The van der Waals surface area contributed by atoms with Gasteiger partial charge in [-0.25, -0.2) is 0 Å². The van der Waals surface area contributed by atoms with E-state index in [9.17, 15) is 0 Å². The second-order valence-corrected chi connectivity index (χ2v) is 13.2. The molecule has 0 spiro atoms. The Balaban J connectivity index is 1.72. The normalized spacial score (nSPS) is 44.1. The molecule has 2 saturated carbocycles. The summed E-state index contributed by atoms with van der Waals surface area (Å²) in [5, 5.41) is 3.87. The summed E-state index contributed by atoms with van der Waals surface area (Å²) < 4.78 is 0. The highest BCUT2D eigenvalue weighted by Crippen LogP contribution is 2.58. The topological polar surface area (TPSA) is 12.0 Å². The molecule has 3 fully saturated rings. The van der Waals surface area contributed by atoms with Crippen LogP contribution in [0.2, 0.25) is 12.1 Å². The monoisotopic (exact) mass is 427 g/mol. The summed E-state index contributed by atoms with van der Waals surface area (Å²) in [5.74, 6) is 5.21. The van der Waals surface area contributed by atoms with Crippen molar-refractivity contribution in [2.45, 2.75) is 131 Å². The van der Waals surface area contributed by atoms with Crippen LogP contribution in [-0.2, 0) is 0 Å². The van der Waals surface area contributed by atoms with E-state index in [0.29, 0.717) is 23.7 Å². The molecule has 8 atom stereocenters. The number of nitrogens with one attached hydrogen (secondary N) is 1. The lowest BCUT2D eigenvalue weighted by Gasteiger charge is -2.49. The standard InChI is InChI=1S/C29H54BN/c1-10-28(8)22(6)16-17-29(9)24(12-11-13-25(28)18-20(2)3)14-15-26(29)19-30-23(7)27(31-30)21(4)5/h20,22-27,31H,4,10-19H2,1-3,5-9H3. The van der Waals surface area contributed by atoms with Gasteiger partial charge in [0.15, 0.2) is 0 Å². The first-order chi connectivity index (χ1) is 14.5. The molecule has 1 nitrogen and oxygen atoms in total. The van der Waals surface area contributed by atoms with Crippen LogP contribution in [0.1, 0.15) is 113 Å². The molecule has 0 bridgehead atoms. The van der Waals surface area contributed by atoms with Crippen molar-refractivity contribution in [2.24, 2.45) is 40.4 Å². The Bertz CT molecular complexity index is 614. The van der Waals surface area contributed by atoms with Gasteiger partial charge in [-0.3, -0.25) is 0 Å². The molecule has 3 rings (SSSR count). The minimum absolute atomic E-state index is 0.514. The summed E-state index contributed by atoms with van der Waals surface area (Å²) in [7, 11) is 0. The summed E-state index contributed by atoms with van der Waals surface area (Å²) in [5.41, 5.74) is 2.39. The van der Waals surface area contributed by atoms with Crippen molar-refractivity contribution < 1.29 is 0 Å². The van der Waals surface area contributed by atoms with E-state index in [1.54, 1.807) is 0 Å². The van der Waals surface area contributed by atoms with Gasteiger partial charge >= 0.3 is 0 Å². The van der Waals surface area contributed by atoms with Crippen LogP contribution in [0, 0.1) is 40.4 Å². The molecule has 1 aliphatic heterocycles. The number of fused-ring (bicyclic) bond motifs is 1. The first kappa shape index (κ1) is 25.4. The maximum absolute atomic E-state index is 4.21. The first-order valence-electron chi connectivity index (χ1n) is 13.9. The second kappa shape index (κ2) is 9.94. The molecule has 2 aliphatic carbocycles. The Morgan fingerprint density at radius 1 is 1.06 bits per heavy atom. The third-order valence-electron chi connectivity index (χ3n) is 11.1.